The molecular formula is C20H32N2O4S. The van der Waals surface area contributed by atoms with Crippen LogP contribution in [0.5, 0.6) is 5.75 Å². The molecule has 0 bridgehead atoms. The van der Waals surface area contributed by atoms with Crippen molar-refractivity contribution >= 4 is 15.9 Å². The molecule has 0 spiro atoms. The monoisotopic (exact) mass is 396 g/mol. The molecule has 1 saturated carbocycles. The third-order valence-electron chi connectivity index (χ3n) is 4.74. The van der Waals surface area contributed by atoms with Crippen LogP contribution >= 0.6 is 0 Å². The van der Waals surface area contributed by atoms with E-state index in [9.17, 15) is 13.2 Å². The summed E-state index contributed by atoms with van der Waals surface area (Å²) in [5, 5.41) is 0. The predicted molar refractivity (Wildman–Crippen MR) is 107 cm³/mol. The number of nitrogens with one attached hydrogen (secondary N) is 1. The second kappa shape index (κ2) is 8.61. The Morgan fingerprint density at radius 1 is 1.22 bits per heavy atom. The Morgan fingerprint density at radius 3 is 2.41 bits per heavy atom. The standard InChI is InChI=1S/C20H32N2O4S/c1-20(2,3)21-27(24,25)18-13-16(11-12-17(18)26-5)19(23)22(4)14-15-9-7-6-8-10-15/h11-13,15,21H,6-10,14H2,1-5H3. The van der Waals surface area contributed by atoms with E-state index in [1.165, 1.54) is 32.4 Å². The van der Waals surface area contributed by atoms with Crippen molar-refractivity contribution in [1.82, 2.24) is 9.62 Å². The highest BCUT2D eigenvalue weighted by atomic mass is 32.2. The largest absolute Gasteiger partial charge is 0.495 e. The van der Waals surface area contributed by atoms with Crippen molar-refractivity contribution in [3.05, 3.63) is 23.8 Å². The minimum absolute atomic E-state index is 0.0168. The normalized spacial score (nSPS) is 16.2. The summed E-state index contributed by atoms with van der Waals surface area (Å²) in [7, 11) is -0.616. The van der Waals surface area contributed by atoms with Crippen LogP contribution in [-0.4, -0.2) is 45.5 Å². The molecule has 1 aromatic rings. The first-order valence-corrected chi connectivity index (χ1v) is 11.0. The third-order valence-corrected chi connectivity index (χ3v) is 6.52. The van der Waals surface area contributed by atoms with Crippen LogP contribution in [0, 0.1) is 5.92 Å². The van der Waals surface area contributed by atoms with Crippen molar-refractivity contribution in [3.63, 3.8) is 0 Å². The lowest BCUT2D eigenvalue weighted by atomic mass is 9.89. The lowest BCUT2D eigenvalue weighted by Gasteiger charge is -2.27. The van der Waals surface area contributed by atoms with E-state index in [1.807, 2.05) is 0 Å². The van der Waals surface area contributed by atoms with Gasteiger partial charge in [0.2, 0.25) is 10.0 Å². The summed E-state index contributed by atoms with van der Waals surface area (Å²) in [6.45, 7) is 6.01. The number of rotatable bonds is 6. The Balaban J connectivity index is 2.26. The van der Waals surface area contributed by atoms with Crippen LogP contribution in [0.15, 0.2) is 23.1 Å². The third kappa shape index (κ3) is 5.94. The molecule has 0 aromatic heterocycles. The number of methoxy groups -OCH3 is 1. The van der Waals surface area contributed by atoms with Crippen molar-refractivity contribution in [1.29, 1.82) is 0 Å². The average Bonchev–Trinajstić information content (AvgIpc) is 2.59. The van der Waals surface area contributed by atoms with Gasteiger partial charge in [-0.05, 0) is 57.7 Å². The van der Waals surface area contributed by atoms with Gasteiger partial charge in [-0.25, -0.2) is 13.1 Å². The van der Waals surface area contributed by atoms with Gasteiger partial charge in [-0.1, -0.05) is 19.3 Å². The number of benzene rings is 1. The minimum atomic E-state index is -3.82. The highest BCUT2D eigenvalue weighted by Crippen LogP contribution is 2.28. The fourth-order valence-electron chi connectivity index (χ4n) is 3.54. The molecule has 1 aromatic carbocycles. The van der Waals surface area contributed by atoms with Crippen LogP contribution in [0.25, 0.3) is 0 Å². The number of nitrogens with zero attached hydrogens (tertiary/aromatic N) is 1. The van der Waals surface area contributed by atoms with Crippen molar-refractivity contribution in [2.24, 2.45) is 5.92 Å². The van der Waals surface area contributed by atoms with E-state index in [0.29, 0.717) is 18.0 Å². The lowest BCUT2D eigenvalue weighted by molar-refractivity contribution is 0.0760. The number of carbonyl (C=O) groups excluding carboxylic acids is 1. The van der Waals surface area contributed by atoms with Crippen molar-refractivity contribution in [2.45, 2.75) is 63.3 Å². The number of hydrogen-bond donors (Lipinski definition) is 1. The summed E-state index contributed by atoms with van der Waals surface area (Å²) in [6, 6.07) is 4.57. The first-order chi connectivity index (χ1) is 12.5. The summed E-state index contributed by atoms with van der Waals surface area (Å²) < 4.78 is 33.4. The van der Waals surface area contributed by atoms with Crippen LogP contribution in [0.1, 0.15) is 63.2 Å². The molecule has 1 aliphatic carbocycles. The van der Waals surface area contributed by atoms with Crippen LogP contribution in [0.3, 0.4) is 0 Å². The van der Waals surface area contributed by atoms with Crippen LogP contribution in [0.4, 0.5) is 0 Å². The van der Waals surface area contributed by atoms with E-state index < -0.39 is 15.6 Å². The first kappa shape index (κ1) is 21.7. The van der Waals surface area contributed by atoms with Gasteiger partial charge < -0.3 is 9.64 Å². The number of hydrogen-bond acceptors (Lipinski definition) is 4. The fraction of sp³-hybridized carbons (Fsp3) is 0.650. The number of ether oxygens (including phenoxy) is 1. The van der Waals surface area contributed by atoms with Crippen LogP contribution in [-0.2, 0) is 10.0 Å². The summed E-state index contributed by atoms with van der Waals surface area (Å²) in [5.74, 6) is 0.574. The van der Waals surface area contributed by atoms with Gasteiger partial charge >= 0.3 is 0 Å². The first-order valence-electron chi connectivity index (χ1n) is 9.51. The zero-order chi connectivity index (χ0) is 20.2. The predicted octanol–water partition coefficient (Wildman–Crippen LogP) is 3.42. The van der Waals surface area contributed by atoms with Gasteiger partial charge in [0.1, 0.15) is 10.6 Å². The smallest absolute Gasteiger partial charge is 0.253 e. The van der Waals surface area contributed by atoms with Gasteiger partial charge in [-0.3, -0.25) is 4.79 Å². The van der Waals surface area contributed by atoms with Gasteiger partial charge in [0, 0.05) is 24.7 Å². The van der Waals surface area contributed by atoms with E-state index in [-0.39, 0.29) is 16.6 Å². The maximum absolute atomic E-state index is 12.9. The molecule has 27 heavy (non-hydrogen) atoms. The minimum Gasteiger partial charge on any atom is -0.495 e. The van der Waals surface area contributed by atoms with Gasteiger partial charge in [0.05, 0.1) is 7.11 Å². The van der Waals surface area contributed by atoms with E-state index in [0.717, 1.165) is 12.8 Å². The van der Waals surface area contributed by atoms with Gasteiger partial charge in [-0.15, -0.1) is 0 Å². The van der Waals surface area contributed by atoms with E-state index in [1.54, 1.807) is 44.9 Å². The molecule has 1 aliphatic rings. The second-order valence-electron chi connectivity index (χ2n) is 8.41. The molecule has 1 amide bonds. The molecule has 152 valence electrons. The van der Waals surface area contributed by atoms with E-state index in [2.05, 4.69) is 4.72 Å². The molecule has 1 fully saturated rings. The van der Waals surface area contributed by atoms with Crippen molar-refractivity contribution in [2.75, 3.05) is 20.7 Å². The summed E-state index contributed by atoms with van der Waals surface area (Å²) in [6.07, 6.45) is 6.01. The molecule has 0 heterocycles. The molecule has 0 saturated heterocycles. The SMILES string of the molecule is COc1ccc(C(=O)N(C)CC2CCCCC2)cc1S(=O)(=O)NC(C)(C)C. The maximum Gasteiger partial charge on any atom is 0.253 e. The summed E-state index contributed by atoms with van der Waals surface area (Å²) in [4.78, 5) is 14.5. The zero-order valence-corrected chi connectivity index (χ0v) is 17.9. The molecule has 1 N–H and O–H groups in total. The molecule has 0 unspecified atom stereocenters. The van der Waals surface area contributed by atoms with Crippen LogP contribution in [0.2, 0.25) is 0 Å². The molecule has 0 atom stereocenters. The fourth-order valence-corrected chi connectivity index (χ4v) is 5.15. The van der Waals surface area contributed by atoms with Gasteiger partial charge in [-0.2, -0.15) is 0 Å². The zero-order valence-electron chi connectivity index (χ0n) is 17.0. The van der Waals surface area contributed by atoms with Crippen molar-refractivity contribution < 1.29 is 17.9 Å². The van der Waals surface area contributed by atoms with Crippen molar-refractivity contribution in [3.8, 4) is 5.75 Å². The quantitative estimate of drug-likeness (QED) is 0.799. The summed E-state index contributed by atoms with van der Waals surface area (Å²) in [5.41, 5.74) is -0.287. The Bertz CT molecular complexity index is 763. The van der Waals surface area contributed by atoms with Crippen LogP contribution < -0.4 is 9.46 Å². The second-order valence-corrected chi connectivity index (χ2v) is 10.1. The average molecular weight is 397 g/mol. The lowest BCUT2D eigenvalue weighted by Crippen LogP contribution is -2.40. The highest BCUT2D eigenvalue weighted by molar-refractivity contribution is 7.89. The Hall–Kier alpha value is -1.60. The molecule has 0 radical (unpaired) electrons. The Labute approximate surface area is 163 Å². The Kier molecular flexibility index (Phi) is 6.92. The van der Waals surface area contributed by atoms with E-state index >= 15 is 0 Å². The number of amides is 1. The molecule has 0 aliphatic heterocycles. The van der Waals surface area contributed by atoms with Gasteiger partial charge in [0.15, 0.2) is 0 Å². The molecule has 6 nitrogen and oxygen atoms in total. The Morgan fingerprint density at radius 2 is 1.85 bits per heavy atom. The number of carbonyl (C=O) groups is 1. The molecular weight excluding hydrogens is 364 g/mol. The number of sulfonamides is 1. The van der Waals surface area contributed by atoms with E-state index in [4.69, 9.17) is 4.74 Å². The van der Waals surface area contributed by atoms with Gasteiger partial charge in [0.25, 0.3) is 5.91 Å². The summed E-state index contributed by atoms with van der Waals surface area (Å²) >= 11 is 0. The topological polar surface area (TPSA) is 75.7 Å². The molecule has 7 heteroatoms. The maximum atomic E-state index is 12.9. The molecule has 2 rings (SSSR count). The highest BCUT2D eigenvalue weighted by Gasteiger charge is 2.27.